The van der Waals surface area contributed by atoms with Gasteiger partial charge in [0.15, 0.2) is 0 Å². The summed E-state index contributed by atoms with van der Waals surface area (Å²) in [6.45, 7) is 0.489. The predicted molar refractivity (Wildman–Crippen MR) is 76.5 cm³/mol. The average molecular weight is 291 g/mol. The number of amides is 1. The Bertz CT molecular complexity index is 581. The van der Waals surface area contributed by atoms with Gasteiger partial charge in [0.1, 0.15) is 0 Å². The third kappa shape index (κ3) is 4.13. The van der Waals surface area contributed by atoms with Crippen LogP contribution in [0.2, 0.25) is 0 Å². The Morgan fingerprint density at radius 3 is 2.65 bits per heavy atom. The molecule has 20 heavy (non-hydrogen) atoms. The Morgan fingerprint density at radius 2 is 2.05 bits per heavy atom. The van der Waals surface area contributed by atoms with E-state index in [1.807, 2.05) is 12.3 Å². The summed E-state index contributed by atoms with van der Waals surface area (Å²) in [5.74, 6) is 0.206. The van der Waals surface area contributed by atoms with Gasteiger partial charge in [0, 0.05) is 36.0 Å². The van der Waals surface area contributed by atoms with Gasteiger partial charge in [-0.3, -0.25) is 14.9 Å². The molecule has 0 aliphatic carbocycles. The lowest BCUT2D eigenvalue weighted by Crippen LogP contribution is -2.24. The van der Waals surface area contributed by atoms with E-state index < -0.39 is 4.92 Å². The van der Waals surface area contributed by atoms with Gasteiger partial charge in [0.25, 0.3) is 5.69 Å². The van der Waals surface area contributed by atoms with Crippen LogP contribution in [0.5, 0.6) is 0 Å². The number of nitro benzene ring substituents is 1. The molecule has 0 radical (unpaired) electrons. The van der Waals surface area contributed by atoms with E-state index >= 15 is 0 Å². The summed E-state index contributed by atoms with van der Waals surface area (Å²) in [6, 6.07) is 8.04. The number of hydrogen-bond donors (Lipinski definition) is 2. The minimum Gasteiger partial charge on any atom is -0.367 e. The fourth-order valence-electron chi connectivity index (χ4n) is 1.53. The maximum absolute atomic E-state index is 11.6. The number of H-pyrrole nitrogens is 1. The number of aromatic amines is 1. The van der Waals surface area contributed by atoms with Crippen molar-refractivity contribution in [1.82, 2.24) is 10.3 Å². The lowest BCUT2D eigenvalue weighted by atomic mass is 10.3. The first-order valence-corrected chi connectivity index (χ1v) is 6.89. The summed E-state index contributed by atoms with van der Waals surface area (Å²) in [7, 11) is 0. The lowest BCUT2D eigenvalue weighted by Gasteiger charge is -2.03. The van der Waals surface area contributed by atoms with E-state index in [4.69, 9.17) is 0 Å². The number of nitro groups is 1. The molecule has 1 aromatic carbocycles. The SMILES string of the molecule is O=C(CSc1ccc([N+](=O)[O-])cc1)NCc1cc[nH]c1. The van der Waals surface area contributed by atoms with Crippen molar-refractivity contribution in [2.75, 3.05) is 5.75 Å². The lowest BCUT2D eigenvalue weighted by molar-refractivity contribution is -0.384. The fraction of sp³-hybridized carbons (Fsp3) is 0.154. The number of nitrogens with one attached hydrogen (secondary N) is 2. The van der Waals surface area contributed by atoms with E-state index in [0.717, 1.165) is 10.5 Å². The highest BCUT2D eigenvalue weighted by atomic mass is 32.2. The Balaban J connectivity index is 1.76. The van der Waals surface area contributed by atoms with Gasteiger partial charge in [-0.2, -0.15) is 0 Å². The van der Waals surface area contributed by atoms with Crippen molar-refractivity contribution in [2.45, 2.75) is 11.4 Å². The second-order valence-corrected chi connectivity index (χ2v) is 5.08. The Kier molecular flexibility index (Phi) is 4.78. The van der Waals surface area contributed by atoms with Crippen molar-refractivity contribution >= 4 is 23.4 Å². The average Bonchev–Trinajstić information content (AvgIpc) is 2.96. The van der Waals surface area contributed by atoms with E-state index in [-0.39, 0.29) is 17.3 Å². The van der Waals surface area contributed by atoms with Crippen LogP contribution >= 0.6 is 11.8 Å². The van der Waals surface area contributed by atoms with Gasteiger partial charge in [-0.25, -0.2) is 0 Å². The minimum absolute atomic E-state index is 0.0475. The smallest absolute Gasteiger partial charge is 0.269 e. The van der Waals surface area contributed by atoms with Crippen molar-refractivity contribution < 1.29 is 9.72 Å². The number of benzene rings is 1. The number of nitrogens with zero attached hydrogens (tertiary/aromatic N) is 1. The number of hydrogen-bond acceptors (Lipinski definition) is 4. The van der Waals surface area contributed by atoms with Crippen LogP contribution in [0.4, 0.5) is 5.69 Å². The maximum Gasteiger partial charge on any atom is 0.269 e. The normalized spacial score (nSPS) is 10.2. The molecule has 0 spiro atoms. The molecule has 0 saturated heterocycles. The highest BCUT2D eigenvalue weighted by Crippen LogP contribution is 2.21. The highest BCUT2D eigenvalue weighted by molar-refractivity contribution is 8.00. The number of carbonyl (C=O) groups excluding carboxylic acids is 1. The van der Waals surface area contributed by atoms with Gasteiger partial charge in [-0.1, -0.05) is 0 Å². The second-order valence-electron chi connectivity index (χ2n) is 4.04. The van der Waals surface area contributed by atoms with Crippen molar-refractivity contribution in [1.29, 1.82) is 0 Å². The molecule has 2 N–H and O–H groups in total. The molecule has 0 aliphatic heterocycles. The largest absolute Gasteiger partial charge is 0.367 e. The van der Waals surface area contributed by atoms with Crippen molar-refractivity contribution in [3.63, 3.8) is 0 Å². The summed E-state index contributed by atoms with van der Waals surface area (Å²) >= 11 is 1.34. The summed E-state index contributed by atoms with van der Waals surface area (Å²) in [6.07, 6.45) is 3.62. The van der Waals surface area contributed by atoms with Gasteiger partial charge in [0.05, 0.1) is 10.7 Å². The number of rotatable bonds is 6. The maximum atomic E-state index is 11.6. The molecule has 1 heterocycles. The van der Waals surface area contributed by atoms with E-state index in [0.29, 0.717) is 6.54 Å². The first-order chi connectivity index (χ1) is 9.65. The molecule has 0 aliphatic rings. The Morgan fingerprint density at radius 1 is 1.30 bits per heavy atom. The van der Waals surface area contributed by atoms with Crippen LogP contribution in [-0.4, -0.2) is 21.6 Å². The molecule has 1 amide bonds. The van der Waals surface area contributed by atoms with Gasteiger partial charge in [-0.15, -0.1) is 11.8 Å². The Hall–Kier alpha value is -2.28. The molecular weight excluding hydrogens is 278 g/mol. The number of aromatic nitrogens is 1. The van der Waals surface area contributed by atoms with Gasteiger partial charge in [0.2, 0.25) is 5.91 Å². The summed E-state index contributed by atoms with van der Waals surface area (Å²) in [4.78, 5) is 25.4. The molecule has 1 aromatic heterocycles. The Labute approximate surface area is 119 Å². The van der Waals surface area contributed by atoms with Crippen molar-refractivity contribution in [3.05, 3.63) is 58.4 Å². The molecular formula is C13H13N3O3S. The van der Waals surface area contributed by atoms with Gasteiger partial charge in [-0.05, 0) is 23.8 Å². The third-order valence-electron chi connectivity index (χ3n) is 2.57. The molecule has 2 rings (SSSR count). The molecule has 0 saturated carbocycles. The fourth-order valence-corrected chi connectivity index (χ4v) is 2.26. The van der Waals surface area contributed by atoms with Gasteiger partial charge < -0.3 is 10.3 Å². The minimum atomic E-state index is -0.446. The zero-order chi connectivity index (χ0) is 14.4. The van der Waals surface area contributed by atoms with Crippen LogP contribution in [0.1, 0.15) is 5.56 Å². The summed E-state index contributed by atoms with van der Waals surface area (Å²) in [5.41, 5.74) is 1.06. The van der Waals surface area contributed by atoms with E-state index in [1.54, 1.807) is 18.3 Å². The molecule has 2 aromatic rings. The molecule has 0 unspecified atom stereocenters. The van der Waals surface area contributed by atoms with Crippen LogP contribution in [0.15, 0.2) is 47.6 Å². The molecule has 0 atom stereocenters. The van der Waals surface area contributed by atoms with Crippen LogP contribution < -0.4 is 5.32 Å². The zero-order valence-corrected chi connectivity index (χ0v) is 11.4. The van der Waals surface area contributed by atoms with Crippen LogP contribution in [-0.2, 0) is 11.3 Å². The zero-order valence-electron chi connectivity index (χ0n) is 10.5. The molecule has 6 nitrogen and oxygen atoms in total. The quantitative estimate of drug-likeness (QED) is 0.486. The molecule has 0 bridgehead atoms. The topological polar surface area (TPSA) is 88.0 Å². The van der Waals surface area contributed by atoms with E-state index in [1.165, 1.54) is 23.9 Å². The highest BCUT2D eigenvalue weighted by Gasteiger charge is 2.06. The molecule has 104 valence electrons. The van der Waals surface area contributed by atoms with Crippen molar-refractivity contribution in [2.24, 2.45) is 0 Å². The summed E-state index contributed by atoms with van der Waals surface area (Å²) < 4.78 is 0. The van der Waals surface area contributed by atoms with Gasteiger partial charge >= 0.3 is 0 Å². The monoisotopic (exact) mass is 291 g/mol. The van der Waals surface area contributed by atoms with Crippen molar-refractivity contribution in [3.8, 4) is 0 Å². The standard InChI is InChI=1S/C13H13N3O3S/c17-13(15-8-10-5-6-14-7-10)9-20-12-3-1-11(2-4-12)16(18)19/h1-7,14H,8-9H2,(H,15,17). The molecule has 7 heteroatoms. The number of carbonyl (C=O) groups is 1. The van der Waals surface area contributed by atoms with Crippen LogP contribution in [0.25, 0.3) is 0 Å². The number of non-ortho nitro benzene ring substituents is 1. The second kappa shape index (κ2) is 6.76. The van der Waals surface area contributed by atoms with E-state index in [9.17, 15) is 14.9 Å². The third-order valence-corrected chi connectivity index (χ3v) is 3.58. The first-order valence-electron chi connectivity index (χ1n) is 5.91. The molecule has 0 fully saturated rings. The van der Waals surface area contributed by atoms with E-state index in [2.05, 4.69) is 10.3 Å². The predicted octanol–water partition coefficient (Wildman–Crippen LogP) is 2.33. The van der Waals surface area contributed by atoms with Crippen LogP contribution in [0.3, 0.4) is 0 Å². The number of thioether (sulfide) groups is 1. The first kappa shape index (κ1) is 14.1. The summed E-state index contributed by atoms with van der Waals surface area (Å²) in [5, 5.41) is 13.3. The van der Waals surface area contributed by atoms with Crippen LogP contribution in [0, 0.1) is 10.1 Å².